The summed E-state index contributed by atoms with van der Waals surface area (Å²) in [5.74, 6) is 1.19. The van der Waals surface area contributed by atoms with E-state index in [4.69, 9.17) is 9.72 Å². The van der Waals surface area contributed by atoms with E-state index in [1.54, 1.807) is 17.9 Å². The van der Waals surface area contributed by atoms with Crippen molar-refractivity contribution in [3.63, 3.8) is 0 Å². The first kappa shape index (κ1) is 23.2. The van der Waals surface area contributed by atoms with Crippen LogP contribution in [-0.4, -0.2) is 22.9 Å². The Bertz CT molecular complexity index is 1500. The fourth-order valence-electron chi connectivity index (χ4n) is 5.95. The number of para-hydroxylation sites is 1. The normalized spacial score (nSPS) is 15.8. The molecule has 6 nitrogen and oxygen atoms in total. The van der Waals surface area contributed by atoms with Gasteiger partial charge in [0.1, 0.15) is 5.75 Å². The number of anilines is 1. The van der Waals surface area contributed by atoms with E-state index in [2.05, 4.69) is 28.7 Å². The molecule has 6 rings (SSSR count). The molecular formula is C31H30N4O2. The van der Waals surface area contributed by atoms with Crippen LogP contribution in [0.5, 0.6) is 5.75 Å². The van der Waals surface area contributed by atoms with Crippen LogP contribution in [0.25, 0.3) is 16.9 Å². The molecule has 3 aromatic carbocycles. The highest BCUT2D eigenvalue weighted by atomic mass is 16.5. The Morgan fingerprint density at radius 3 is 2.43 bits per heavy atom. The predicted octanol–water partition coefficient (Wildman–Crippen LogP) is 6.11. The summed E-state index contributed by atoms with van der Waals surface area (Å²) in [6.45, 7) is 0. The van der Waals surface area contributed by atoms with Gasteiger partial charge >= 0.3 is 0 Å². The monoisotopic (exact) mass is 490 g/mol. The van der Waals surface area contributed by atoms with Gasteiger partial charge in [-0.25, -0.2) is 15.0 Å². The van der Waals surface area contributed by atoms with E-state index in [1.165, 1.54) is 12.0 Å². The molecule has 1 fully saturated rings. The van der Waals surface area contributed by atoms with Gasteiger partial charge in [-0.3, -0.25) is 4.79 Å². The number of methoxy groups -OCH3 is 1. The molecular weight excluding hydrogens is 460 g/mol. The molecule has 2 aliphatic carbocycles. The first-order valence-corrected chi connectivity index (χ1v) is 12.9. The summed E-state index contributed by atoms with van der Waals surface area (Å²) in [7, 11) is 1.64. The van der Waals surface area contributed by atoms with Gasteiger partial charge in [-0.15, -0.1) is 0 Å². The van der Waals surface area contributed by atoms with E-state index in [9.17, 15) is 4.79 Å². The first-order valence-electron chi connectivity index (χ1n) is 12.9. The lowest BCUT2D eigenvalue weighted by Gasteiger charge is -2.42. The molecule has 0 atom stereocenters. The lowest BCUT2D eigenvalue weighted by molar-refractivity contribution is 0.284. The topological polar surface area (TPSA) is 68.5 Å². The Morgan fingerprint density at radius 2 is 1.68 bits per heavy atom. The van der Waals surface area contributed by atoms with Gasteiger partial charge in [-0.2, -0.15) is 5.10 Å². The minimum atomic E-state index is -0.173. The molecule has 0 radical (unpaired) electrons. The van der Waals surface area contributed by atoms with Gasteiger partial charge in [0, 0.05) is 11.0 Å². The number of ether oxygens (including phenoxy) is 1. The first-order chi connectivity index (χ1) is 18.2. The molecule has 0 unspecified atom stereocenters. The van der Waals surface area contributed by atoms with Crippen molar-refractivity contribution in [3.8, 4) is 22.7 Å². The molecule has 2 aliphatic rings. The summed E-state index contributed by atoms with van der Waals surface area (Å²) in [4.78, 5) is 19.6. The quantitative estimate of drug-likeness (QED) is 0.271. The molecule has 0 bridgehead atoms. The lowest BCUT2D eigenvalue weighted by atomic mass is 9.62. The van der Waals surface area contributed by atoms with Crippen LogP contribution in [0.2, 0.25) is 0 Å². The van der Waals surface area contributed by atoms with Crippen LogP contribution < -0.4 is 15.7 Å². The largest absolute Gasteiger partial charge is 0.497 e. The summed E-state index contributed by atoms with van der Waals surface area (Å²) in [6.07, 6.45) is 8.14. The molecule has 0 saturated heterocycles. The van der Waals surface area contributed by atoms with Gasteiger partial charge < -0.3 is 4.74 Å². The average Bonchev–Trinajstić information content (AvgIpc) is 2.94. The Balaban J connectivity index is 1.51. The molecule has 1 N–H and O–H groups in total. The van der Waals surface area contributed by atoms with Crippen LogP contribution in [-0.2, 0) is 11.8 Å². The van der Waals surface area contributed by atoms with Crippen molar-refractivity contribution in [2.45, 2.75) is 43.9 Å². The van der Waals surface area contributed by atoms with Crippen molar-refractivity contribution >= 4 is 12.2 Å². The number of benzene rings is 3. The summed E-state index contributed by atoms with van der Waals surface area (Å²) >= 11 is 0. The molecule has 1 saturated carbocycles. The van der Waals surface area contributed by atoms with Gasteiger partial charge in [0.25, 0.3) is 5.56 Å². The second-order valence-corrected chi connectivity index (χ2v) is 9.95. The number of nitrogens with zero attached hydrogens (tertiary/aromatic N) is 3. The van der Waals surface area contributed by atoms with Crippen LogP contribution in [0.15, 0.2) is 88.8 Å². The second kappa shape index (κ2) is 9.69. The lowest BCUT2D eigenvalue weighted by Crippen LogP contribution is -2.42. The number of hydrogen-bond donors (Lipinski definition) is 1. The standard InChI is InChI=1S/C31H30N4O2/c1-37-25-16-14-22(15-17-25)21-32-34-30-33-28-26-13-7-6-10-23(26)20-31(18-8-3-9-19-31)27(28)29(36)35(30)24-11-4-2-5-12-24/h2,4-7,10-17,21H,3,8-9,18-20H2,1H3,(H,33,34)/b32-21+. The zero-order valence-electron chi connectivity index (χ0n) is 21.0. The van der Waals surface area contributed by atoms with Gasteiger partial charge in [-0.1, -0.05) is 61.7 Å². The minimum absolute atomic E-state index is 0.00486. The summed E-state index contributed by atoms with van der Waals surface area (Å²) in [5, 5.41) is 4.47. The van der Waals surface area contributed by atoms with E-state index in [1.807, 2.05) is 60.7 Å². The van der Waals surface area contributed by atoms with E-state index >= 15 is 0 Å². The molecule has 0 aliphatic heterocycles. The molecule has 6 heteroatoms. The van der Waals surface area contributed by atoms with Gasteiger partial charge in [-0.05, 0) is 66.8 Å². The summed E-state index contributed by atoms with van der Waals surface area (Å²) < 4.78 is 6.93. The predicted molar refractivity (Wildman–Crippen MR) is 148 cm³/mol. The number of aromatic nitrogens is 2. The molecule has 1 aromatic heterocycles. The fourth-order valence-corrected chi connectivity index (χ4v) is 5.95. The molecule has 1 heterocycles. The maximum Gasteiger partial charge on any atom is 0.263 e. The van der Waals surface area contributed by atoms with Gasteiger partial charge in [0.15, 0.2) is 0 Å². The highest BCUT2D eigenvalue weighted by Crippen LogP contribution is 2.48. The molecule has 0 amide bonds. The Labute approximate surface area is 216 Å². The SMILES string of the molecule is COc1ccc(/C=N/Nc2nc3c(c(=O)n2-c2ccccc2)C2(CCCCC2)Cc2ccccc2-3)cc1. The third-order valence-corrected chi connectivity index (χ3v) is 7.73. The molecule has 4 aromatic rings. The number of nitrogens with one attached hydrogen (secondary N) is 1. The second-order valence-electron chi connectivity index (χ2n) is 9.95. The van der Waals surface area contributed by atoms with Crippen molar-refractivity contribution in [3.05, 3.63) is 106 Å². The van der Waals surface area contributed by atoms with Crippen LogP contribution in [0, 0.1) is 0 Å². The average molecular weight is 491 g/mol. The summed E-state index contributed by atoms with van der Waals surface area (Å²) in [5.41, 5.74) is 8.57. The van der Waals surface area contributed by atoms with Crippen molar-refractivity contribution < 1.29 is 4.74 Å². The molecule has 186 valence electrons. The fraction of sp³-hybridized carbons (Fsp3) is 0.258. The van der Waals surface area contributed by atoms with E-state index < -0.39 is 0 Å². The van der Waals surface area contributed by atoms with Gasteiger partial charge in [0.05, 0.1) is 30.3 Å². The van der Waals surface area contributed by atoms with Crippen molar-refractivity contribution in [1.82, 2.24) is 9.55 Å². The van der Waals surface area contributed by atoms with Crippen molar-refractivity contribution in [2.75, 3.05) is 12.5 Å². The van der Waals surface area contributed by atoms with Crippen LogP contribution in [0.3, 0.4) is 0 Å². The third-order valence-electron chi connectivity index (χ3n) is 7.73. The van der Waals surface area contributed by atoms with Crippen LogP contribution in [0.4, 0.5) is 5.95 Å². The summed E-state index contributed by atoms with van der Waals surface area (Å²) in [6, 6.07) is 25.7. The number of hydrazone groups is 1. The van der Waals surface area contributed by atoms with Gasteiger partial charge in [0.2, 0.25) is 5.95 Å². The Hall–Kier alpha value is -4.19. The minimum Gasteiger partial charge on any atom is -0.497 e. The zero-order chi connectivity index (χ0) is 25.2. The van der Waals surface area contributed by atoms with Crippen LogP contribution in [0.1, 0.15) is 48.8 Å². The smallest absolute Gasteiger partial charge is 0.263 e. The van der Waals surface area contributed by atoms with E-state index in [-0.39, 0.29) is 11.0 Å². The van der Waals surface area contributed by atoms with Crippen molar-refractivity contribution in [1.29, 1.82) is 0 Å². The molecule has 1 spiro atoms. The van der Waals surface area contributed by atoms with E-state index in [0.717, 1.165) is 65.9 Å². The number of rotatable bonds is 5. The maximum atomic E-state index is 14.4. The van der Waals surface area contributed by atoms with E-state index in [0.29, 0.717) is 5.95 Å². The molecule has 37 heavy (non-hydrogen) atoms. The van der Waals surface area contributed by atoms with Crippen LogP contribution >= 0.6 is 0 Å². The Kier molecular flexibility index (Phi) is 6.08. The highest BCUT2D eigenvalue weighted by molar-refractivity contribution is 5.80. The Morgan fingerprint density at radius 1 is 0.946 bits per heavy atom. The number of fused-ring (bicyclic) bond motifs is 4. The van der Waals surface area contributed by atoms with Crippen molar-refractivity contribution in [2.24, 2.45) is 5.10 Å². The highest BCUT2D eigenvalue weighted by Gasteiger charge is 2.43. The maximum absolute atomic E-state index is 14.4. The third kappa shape index (κ3) is 4.22. The zero-order valence-corrected chi connectivity index (χ0v) is 21.0. The number of hydrogen-bond acceptors (Lipinski definition) is 5.